The van der Waals surface area contributed by atoms with E-state index in [4.69, 9.17) is 20.4 Å². The molecule has 55 heavy (non-hydrogen) atoms. The van der Waals surface area contributed by atoms with Gasteiger partial charge in [-0.3, -0.25) is 20.9 Å². The van der Waals surface area contributed by atoms with Crippen LogP contribution in [0, 0.1) is 0 Å². The number of nitrogens with one attached hydrogen (secondary N) is 1. The van der Waals surface area contributed by atoms with Crippen LogP contribution in [0.3, 0.4) is 0 Å². The number of hydrogen-bond acceptors (Lipinski definition) is 13. The SMILES string of the molecule is CCOC(=O)CC1(O)CCCC1.CN(CC1=NN(CCC2(O)CCCC2)C(=O)C1)C(=O)OC(C)(C)C.NNCCC1(O)CCCC1.OCCC1(O)CCCC1. The molecule has 15 nitrogen and oxygen atoms in total. The largest absolute Gasteiger partial charge is 0.466 e. The Labute approximate surface area is 329 Å². The van der Waals surface area contributed by atoms with Crippen molar-refractivity contribution in [2.75, 3.05) is 39.9 Å². The van der Waals surface area contributed by atoms with Gasteiger partial charge < -0.3 is 39.9 Å². The van der Waals surface area contributed by atoms with Gasteiger partial charge in [0.1, 0.15) is 5.60 Å². The molecule has 5 rings (SSSR count). The van der Waals surface area contributed by atoms with E-state index in [0.717, 1.165) is 103 Å². The Morgan fingerprint density at radius 2 is 1.27 bits per heavy atom. The highest BCUT2D eigenvalue weighted by atomic mass is 16.6. The highest BCUT2D eigenvalue weighted by Gasteiger charge is 2.35. The number of aliphatic hydroxyl groups excluding tert-OH is 1. The summed E-state index contributed by atoms with van der Waals surface area (Å²) < 4.78 is 10.1. The lowest BCUT2D eigenvalue weighted by atomic mass is 9.98. The van der Waals surface area contributed by atoms with E-state index >= 15 is 0 Å². The maximum Gasteiger partial charge on any atom is 0.410 e. The molecule has 0 saturated heterocycles. The number of hydrazine groups is 1. The molecule has 4 aliphatic carbocycles. The minimum absolute atomic E-state index is 0.0795. The molecule has 1 aliphatic heterocycles. The average Bonchev–Trinajstić information content (AvgIpc) is 3.95. The summed E-state index contributed by atoms with van der Waals surface area (Å²) in [5, 5.41) is 53.7. The summed E-state index contributed by atoms with van der Waals surface area (Å²) in [6.07, 6.45) is 17.3. The Morgan fingerprint density at radius 1 is 0.818 bits per heavy atom. The van der Waals surface area contributed by atoms with Crippen LogP contribution < -0.4 is 11.3 Å². The van der Waals surface area contributed by atoms with Crippen molar-refractivity contribution in [2.45, 2.75) is 191 Å². The Kier molecular flexibility index (Phi) is 20.5. The molecule has 8 N–H and O–H groups in total. The zero-order chi connectivity index (χ0) is 41.2. The van der Waals surface area contributed by atoms with Gasteiger partial charge in [0.05, 0.1) is 54.1 Å². The van der Waals surface area contributed by atoms with Crippen LogP contribution in [0.1, 0.15) is 163 Å². The van der Waals surface area contributed by atoms with Crippen molar-refractivity contribution in [1.29, 1.82) is 0 Å². The van der Waals surface area contributed by atoms with E-state index in [0.29, 0.717) is 31.7 Å². The van der Waals surface area contributed by atoms with Crippen molar-refractivity contribution >= 4 is 23.7 Å². The molecule has 0 radical (unpaired) electrons. The Balaban J connectivity index is 0.000000281. The van der Waals surface area contributed by atoms with E-state index in [1.54, 1.807) is 14.0 Å². The quantitative estimate of drug-likeness (QED) is 0.0792. The maximum absolute atomic E-state index is 12.1. The number of carbonyl (C=O) groups excluding carboxylic acids is 3. The number of amides is 2. The van der Waals surface area contributed by atoms with E-state index in [1.807, 2.05) is 20.8 Å². The summed E-state index contributed by atoms with van der Waals surface area (Å²) in [5.41, 5.74) is 0.344. The molecular weight excluding hydrogens is 710 g/mol. The number of nitrogens with two attached hydrogens (primary N) is 1. The Hall–Kier alpha value is -2.40. The number of rotatable bonds is 13. The number of aliphatic hydroxyl groups is 5. The van der Waals surface area contributed by atoms with Crippen molar-refractivity contribution < 1.29 is 49.4 Å². The van der Waals surface area contributed by atoms with Crippen LogP contribution >= 0.6 is 0 Å². The van der Waals surface area contributed by atoms with Crippen molar-refractivity contribution in [2.24, 2.45) is 10.9 Å². The van der Waals surface area contributed by atoms with Crippen LogP contribution in [0.2, 0.25) is 0 Å². The van der Waals surface area contributed by atoms with E-state index in [-0.39, 0.29) is 37.9 Å². The molecule has 4 saturated carbocycles. The van der Waals surface area contributed by atoms with Gasteiger partial charge in [-0.05, 0) is 98.3 Å². The minimum atomic E-state index is -0.758. The van der Waals surface area contributed by atoms with Gasteiger partial charge in [0.2, 0.25) is 5.91 Å². The first kappa shape index (κ1) is 48.7. The summed E-state index contributed by atoms with van der Waals surface area (Å²) in [5.74, 6) is 4.75. The molecule has 0 unspecified atom stereocenters. The molecule has 15 heteroatoms. The van der Waals surface area contributed by atoms with Crippen LogP contribution in [0.25, 0.3) is 0 Å². The topological polar surface area (TPSA) is 228 Å². The lowest BCUT2D eigenvalue weighted by Crippen LogP contribution is -2.37. The molecule has 0 atom stereocenters. The molecule has 0 spiro atoms. The van der Waals surface area contributed by atoms with Crippen molar-refractivity contribution in [3.63, 3.8) is 0 Å². The van der Waals surface area contributed by atoms with Gasteiger partial charge in [-0.15, -0.1) is 0 Å². The van der Waals surface area contributed by atoms with Crippen molar-refractivity contribution in [3.8, 4) is 0 Å². The zero-order valence-electron chi connectivity index (χ0n) is 34.6. The molecule has 0 aromatic rings. The third-order valence-electron chi connectivity index (χ3n) is 11.0. The molecule has 4 fully saturated rings. The highest BCUT2D eigenvalue weighted by Crippen LogP contribution is 2.34. The van der Waals surface area contributed by atoms with Gasteiger partial charge in [-0.25, -0.2) is 9.80 Å². The normalized spacial score (nSPS) is 21.7. The van der Waals surface area contributed by atoms with Gasteiger partial charge in [-0.1, -0.05) is 51.4 Å². The number of esters is 1. The van der Waals surface area contributed by atoms with E-state index in [1.165, 1.54) is 22.8 Å². The summed E-state index contributed by atoms with van der Waals surface area (Å²) in [7, 11) is 1.63. The van der Waals surface area contributed by atoms with E-state index in [9.17, 15) is 34.8 Å². The predicted molar refractivity (Wildman–Crippen MR) is 211 cm³/mol. The Morgan fingerprint density at radius 3 is 1.71 bits per heavy atom. The fourth-order valence-electron chi connectivity index (χ4n) is 7.83. The molecule has 2 amide bonds. The monoisotopic (exact) mass is 786 g/mol. The summed E-state index contributed by atoms with van der Waals surface area (Å²) in [6, 6.07) is 0. The average molecular weight is 786 g/mol. The molecule has 0 bridgehead atoms. The lowest BCUT2D eigenvalue weighted by molar-refractivity contribution is -0.148. The highest BCUT2D eigenvalue weighted by molar-refractivity contribution is 6.06. The second-order valence-electron chi connectivity index (χ2n) is 17.3. The lowest BCUT2D eigenvalue weighted by Gasteiger charge is -2.24. The van der Waals surface area contributed by atoms with Crippen LogP contribution in [-0.2, 0) is 19.1 Å². The van der Waals surface area contributed by atoms with Crippen molar-refractivity contribution in [1.82, 2.24) is 15.3 Å². The van der Waals surface area contributed by atoms with Gasteiger partial charge in [-0.2, -0.15) is 5.10 Å². The van der Waals surface area contributed by atoms with Gasteiger partial charge in [0.15, 0.2) is 0 Å². The van der Waals surface area contributed by atoms with Gasteiger partial charge in [0, 0.05) is 26.7 Å². The second-order valence-corrected chi connectivity index (χ2v) is 17.3. The van der Waals surface area contributed by atoms with Crippen molar-refractivity contribution in [3.05, 3.63) is 0 Å². The molecule has 1 heterocycles. The number of carbonyl (C=O) groups is 3. The van der Waals surface area contributed by atoms with Gasteiger partial charge >= 0.3 is 12.1 Å². The van der Waals surface area contributed by atoms with E-state index in [2.05, 4.69) is 10.5 Å². The molecule has 0 aromatic carbocycles. The second kappa shape index (κ2) is 23.1. The van der Waals surface area contributed by atoms with Crippen LogP contribution in [0.4, 0.5) is 4.79 Å². The third-order valence-corrected chi connectivity index (χ3v) is 11.0. The third kappa shape index (κ3) is 19.1. The number of hydrazone groups is 1. The first-order valence-electron chi connectivity index (χ1n) is 20.7. The summed E-state index contributed by atoms with van der Waals surface area (Å²) in [4.78, 5) is 36.5. The fourth-order valence-corrected chi connectivity index (χ4v) is 7.83. The van der Waals surface area contributed by atoms with Crippen LogP contribution in [0.5, 0.6) is 0 Å². The zero-order valence-corrected chi connectivity index (χ0v) is 34.6. The Bertz CT molecular complexity index is 1190. The first-order valence-corrected chi connectivity index (χ1v) is 20.7. The summed E-state index contributed by atoms with van der Waals surface area (Å²) >= 11 is 0. The van der Waals surface area contributed by atoms with Crippen LogP contribution in [-0.4, -0.2) is 127 Å². The predicted octanol–water partition coefficient (Wildman–Crippen LogP) is 4.20. The number of nitrogens with zero attached hydrogens (tertiary/aromatic N) is 3. The van der Waals surface area contributed by atoms with Crippen LogP contribution in [0.15, 0.2) is 5.10 Å². The molecular formula is C40H75N5O10. The number of hydrogen-bond donors (Lipinski definition) is 7. The molecule has 0 aromatic heterocycles. The molecule has 320 valence electrons. The maximum atomic E-state index is 12.1. The fraction of sp³-hybridized carbons (Fsp3) is 0.900. The smallest absolute Gasteiger partial charge is 0.410 e. The standard InChI is InChI=1S/C17H29N3O4.C9H16O3.C7H16N2O.C7H14O2/c1-16(2,3)24-15(22)19(4)12-13-11-14(21)20(18-13)10-9-17(23)7-5-6-8-17;1-2-12-8(10)7-9(11)5-3-4-6-9;8-9-6-5-7(10)3-1-2-4-7;8-6-5-7(9)3-1-2-4-7/h23H,5-12H2,1-4H3;11H,2-7H2,1H3;9-10H,1-6,8H2;8-9H,1-6H2. The minimum Gasteiger partial charge on any atom is -0.466 e. The van der Waals surface area contributed by atoms with Gasteiger partial charge in [0.25, 0.3) is 0 Å². The first-order chi connectivity index (χ1) is 25.8. The van der Waals surface area contributed by atoms with E-state index < -0.39 is 34.1 Å². The molecule has 5 aliphatic rings. The summed E-state index contributed by atoms with van der Waals surface area (Å²) in [6.45, 7) is 9.13. The number of ether oxygens (including phenoxy) is 2.